The molecule has 5 nitrogen and oxygen atoms in total. The highest BCUT2D eigenvalue weighted by atomic mass is 16.5. The van der Waals surface area contributed by atoms with E-state index in [1.165, 1.54) is 0 Å². The van der Waals surface area contributed by atoms with Gasteiger partial charge in [0.05, 0.1) is 19.8 Å². The Morgan fingerprint density at radius 1 is 1.69 bits per heavy atom. The predicted octanol–water partition coefficient (Wildman–Crippen LogP) is -0.406. The average Bonchev–Trinajstić information content (AvgIpc) is 2.65. The van der Waals surface area contributed by atoms with Crippen molar-refractivity contribution in [1.82, 2.24) is 10.2 Å². The molecule has 2 atom stereocenters. The molecule has 1 rings (SSSR count). The van der Waals surface area contributed by atoms with Crippen LogP contribution in [0.5, 0.6) is 0 Å². The van der Waals surface area contributed by atoms with Crippen LogP contribution in [0.2, 0.25) is 0 Å². The number of hydrogen-bond donors (Lipinski definition) is 2. The van der Waals surface area contributed by atoms with Gasteiger partial charge < -0.3 is 15.2 Å². The van der Waals surface area contributed by atoms with E-state index in [1.54, 1.807) is 7.11 Å². The highest BCUT2D eigenvalue weighted by Crippen LogP contribution is 2.15. The van der Waals surface area contributed by atoms with Crippen LogP contribution in [0, 0.1) is 0 Å². The van der Waals surface area contributed by atoms with Crippen LogP contribution < -0.4 is 5.32 Å². The SMILES string of the molecule is COCC(C)NC(=O)CN1CCCC1CO. The van der Waals surface area contributed by atoms with Gasteiger partial charge in [-0.2, -0.15) is 0 Å². The third kappa shape index (κ3) is 4.08. The van der Waals surface area contributed by atoms with Gasteiger partial charge in [-0.15, -0.1) is 0 Å². The fraction of sp³-hybridized carbons (Fsp3) is 0.909. The summed E-state index contributed by atoms with van der Waals surface area (Å²) in [6.07, 6.45) is 2.05. The Labute approximate surface area is 96.8 Å². The van der Waals surface area contributed by atoms with Gasteiger partial charge in [0.1, 0.15) is 0 Å². The summed E-state index contributed by atoms with van der Waals surface area (Å²) in [6, 6.07) is 0.191. The number of carbonyl (C=O) groups is 1. The number of hydrogen-bond acceptors (Lipinski definition) is 4. The lowest BCUT2D eigenvalue weighted by atomic mass is 10.2. The van der Waals surface area contributed by atoms with E-state index in [0.717, 1.165) is 19.4 Å². The number of aliphatic hydroxyl groups excluding tert-OH is 1. The molecule has 1 heterocycles. The number of aliphatic hydroxyl groups is 1. The zero-order chi connectivity index (χ0) is 12.0. The zero-order valence-electron chi connectivity index (χ0n) is 10.1. The van der Waals surface area contributed by atoms with Crippen LogP contribution in [0.1, 0.15) is 19.8 Å². The van der Waals surface area contributed by atoms with Gasteiger partial charge in [0.25, 0.3) is 0 Å². The lowest BCUT2D eigenvalue weighted by Gasteiger charge is -2.23. The quantitative estimate of drug-likeness (QED) is 0.651. The normalized spacial score (nSPS) is 23.3. The molecule has 2 unspecified atom stereocenters. The molecule has 5 heteroatoms. The van der Waals surface area contributed by atoms with E-state index in [0.29, 0.717) is 13.2 Å². The summed E-state index contributed by atoms with van der Waals surface area (Å²) in [7, 11) is 1.62. The van der Waals surface area contributed by atoms with Gasteiger partial charge in [0, 0.05) is 19.2 Å². The highest BCUT2D eigenvalue weighted by Gasteiger charge is 2.25. The number of nitrogens with one attached hydrogen (secondary N) is 1. The third-order valence-corrected chi connectivity index (χ3v) is 2.88. The Morgan fingerprint density at radius 2 is 2.44 bits per heavy atom. The van der Waals surface area contributed by atoms with Crippen LogP contribution in [0.15, 0.2) is 0 Å². The van der Waals surface area contributed by atoms with Crippen molar-refractivity contribution >= 4 is 5.91 Å². The van der Waals surface area contributed by atoms with Crippen molar-refractivity contribution in [3.8, 4) is 0 Å². The van der Waals surface area contributed by atoms with Gasteiger partial charge in [0.2, 0.25) is 5.91 Å². The molecule has 0 aromatic carbocycles. The van der Waals surface area contributed by atoms with E-state index in [1.807, 2.05) is 11.8 Å². The van der Waals surface area contributed by atoms with E-state index in [9.17, 15) is 4.79 Å². The molecule has 1 aliphatic heterocycles. The Hall–Kier alpha value is -0.650. The number of ether oxygens (including phenoxy) is 1. The molecule has 0 aliphatic carbocycles. The summed E-state index contributed by atoms with van der Waals surface area (Å²) >= 11 is 0. The lowest BCUT2D eigenvalue weighted by Crippen LogP contribution is -2.44. The van der Waals surface area contributed by atoms with E-state index < -0.39 is 0 Å². The smallest absolute Gasteiger partial charge is 0.234 e. The van der Waals surface area contributed by atoms with E-state index in [4.69, 9.17) is 9.84 Å². The Morgan fingerprint density at radius 3 is 3.06 bits per heavy atom. The summed E-state index contributed by atoms with van der Waals surface area (Å²) in [5.41, 5.74) is 0. The summed E-state index contributed by atoms with van der Waals surface area (Å²) in [5.74, 6) is 0.00454. The molecule has 0 aromatic rings. The van der Waals surface area contributed by atoms with Crippen LogP contribution in [0.25, 0.3) is 0 Å². The van der Waals surface area contributed by atoms with E-state index in [-0.39, 0.29) is 24.6 Å². The van der Waals surface area contributed by atoms with Gasteiger partial charge in [-0.1, -0.05) is 0 Å². The maximum Gasteiger partial charge on any atom is 0.234 e. The zero-order valence-corrected chi connectivity index (χ0v) is 10.1. The second-order valence-corrected chi connectivity index (χ2v) is 4.37. The van der Waals surface area contributed by atoms with Crippen molar-refractivity contribution in [2.24, 2.45) is 0 Å². The average molecular weight is 230 g/mol. The van der Waals surface area contributed by atoms with Crippen molar-refractivity contribution in [3.05, 3.63) is 0 Å². The van der Waals surface area contributed by atoms with Crippen molar-refractivity contribution in [2.45, 2.75) is 31.8 Å². The maximum absolute atomic E-state index is 11.7. The molecule has 0 bridgehead atoms. The Balaban J connectivity index is 2.28. The fourth-order valence-corrected chi connectivity index (χ4v) is 2.11. The predicted molar refractivity (Wildman–Crippen MR) is 61.2 cm³/mol. The van der Waals surface area contributed by atoms with Crippen LogP contribution >= 0.6 is 0 Å². The van der Waals surface area contributed by atoms with Gasteiger partial charge in [-0.3, -0.25) is 9.69 Å². The molecule has 0 saturated carbocycles. The second kappa shape index (κ2) is 6.83. The monoisotopic (exact) mass is 230 g/mol. The molecule has 94 valence electrons. The van der Waals surface area contributed by atoms with Gasteiger partial charge in [0.15, 0.2) is 0 Å². The van der Waals surface area contributed by atoms with Gasteiger partial charge in [-0.25, -0.2) is 0 Å². The molecule has 0 spiro atoms. The molecule has 0 aromatic heterocycles. The second-order valence-electron chi connectivity index (χ2n) is 4.37. The first-order chi connectivity index (χ1) is 7.67. The summed E-state index contributed by atoms with van der Waals surface area (Å²) in [4.78, 5) is 13.7. The van der Waals surface area contributed by atoms with Crippen molar-refractivity contribution in [1.29, 1.82) is 0 Å². The van der Waals surface area contributed by atoms with Crippen LogP contribution in [-0.2, 0) is 9.53 Å². The minimum atomic E-state index is 0.00454. The molecule has 1 aliphatic rings. The summed E-state index contributed by atoms with van der Waals surface area (Å²) in [5, 5.41) is 12.0. The van der Waals surface area contributed by atoms with Crippen molar-refractivity contribution < 1.29 is 14.6 Å². The fourth-order valence-electron chi connectivity index (χ4n) is 2.11. The lowest BCUT2D eigenvalue weighted by molar-refractivity contribution is -0.123. The molecule has 1 fully saturated rings. The highest BCUT2D eigenvalue weighted by molar-refractivity contribution is 5.78. The van der Waals surface area contributed by atoms with Gasteiger partial charge >= 0.3 is 0 Å². The molecular weight excluding hydrogens is 208 g/mol. The number of carbonyl (C=O) groups excluding carboxylic acids is 1. The number of methoxy groups -OCH3 is 1. The summed E-state index contributed by atoms with van der Waals surface area (Å²) < 4.78 is 4.95. The van der Waals surface area contributed by atoms with Crippen LogP contribution in [-0.4, -0.2) is 61.4 Å². The molecule has 0 radical (unpaired) electrons. The first-order valence-corrected chi connectivity index (χ1v) is 5.80. The largest absolute Gasteiger partial charge is 0.395 e. The first kappa shape index (κ1) is 13.4. The van der Waals surface area contributed by atoms with E-state index in [2.05, 4.69) is 5.32 Å². The molecular formula is C11H22N2O3. The van der Waals surface area contributed by atoms with Crippen molar-refractivity contribution in [2.75, 3.05) is 33.4 Å². The first-order valence-electron chi connectivity index (χ1n) is 5.80. The van der Waals surface area contributed by atoms with Crippen LogP contribution in [0.4, 0.5) is 0 Å². The summed E-state index contributed by atoms with van der Waals surface area (Å²) in [6.45, 7) is 3.85. The topological polar surface area (TPSA) is 61.8 Å². The Kier molecular flexibility index (Phi) is 5.73. The number of rotatable bonds is 6. The third-order valence-electron chi connectivity index (χ3n) is 2.88. The molecule has 1 saturated heterocycles. The molecule has 2 N–H and O–H groups in total. The Bertz CT molecular complexity index is 223. The van der Waals surface area contributed by atoms with Gasteiger partial charge in [-0.05, 0) is 26.3 Å². The maximum atomic E-state index is 11.7. The molecule has 16 heavy (non-hydrogen) atoms. The standard InChI is InChI=1S/C11H22N2O3/c1-9(8-16-2)12-11(15)6-13-5-3-4-10(13)7-14/h9-10,14H,3-8H2,1-2H3,(H,12,15). The van der Waals surface area contributed by atoms with E-state index >= 15 is 0 Å². The van der Waals surface area contributed by atoms with Crippen molar-refractivity contribution in [3.63, 3.8) is 0 Å². The number of nitrogens with zero attached hydrogens (tertiary/aromatic N) is 1. The number of likely N-dealkylation sites (tertiary alicyclic amines) is 1. The molecule has 1 amide bonds. The minimum Gasteiger partial charge on any atom is -0.395 e. The van der Waals surface area contributed by atoms with Crippen LogP contribution in [0.3, 0.4) is 0 Å². The minimum absolute atomic E-state index is 0.00454. The number of amides is 1.